The predicted octanol–water partition coefficient (Wildman–Crippen LogP) is 1.85. The van der Waals surface area contributed by atoms with Crippen molar-refractivity contribution in [2.75, 3.05) is 13.2 Å². The average molecular weight is 256 g/mol. The predicted molar refractivity (Wildman–Crippen MR) is 73.2 cm³/mol. The highest BCUT2D eigenvalue weighted by atomic mass is 16.5. The first-order valence-corrected chi connectivity index (χ1v) is 7.06. The highest BCUT2D eigenvalue weighted by Gasteiger charge is 2.41. The molecular formula is C14H28N2O2. The van der Waals surface area contributed by atoms with Gasteiger partial charge in [0, 0.05) is 13.2 Å². The average Bonchev–Trinajstić information content (AvgIpc) is 2.57. The Kier molecular flexibility index (Phi) is 5.60. The summed E-state index contributed by atoms with van der Waals surface area (Å²) in [4.78, 5) is 14.4. The Morgan fingerprint density at radius 3 is 2.28 bits per heavy atom. The number of rotatable bonds is 6. The van der Waals surface area contributed by atoms with Crippen LogP contribution in [0.15, 0.2) is 0 Å². The molecule has 4 nitrogen and oxygen atoms in total. The lowest BCUT2D eigenvalue weighted by molar-refractivity contribution is -0.133. The van der Waals surface area contributed by atoms with E-state index in [-0.39, 0.29) is 24.2 Å². The van der Waals surface area contributed by atoms with E-state index >= 15 is 0 Å². The third kappa shape index (κ3) is 3.45. The normalized spacial score (nSPS) is 26.4. The Balaban J connectivity index is 2.75. The van der Waals surface area contributed by atoms with Crippen molar-refractivity contribution in [1.29, 1.82) is 0 Å². The van der Waals surface area contributed by atoms with Gasteiger partial charge in [-0.05, 0) is 25.7 Å². The van der Waals surface area contributed by atoms with Gasteiger partial charge in [-0.15, -0.1) is 0 Å². The fourth-order valence-electron chi connectivity index (χ4n) is 2.51. The van der Waals surface area contributed by atoms with Gasteiger partial charge in [-0.2, -0.15) is 0 Å². The molecule has 1 aliphatic rings. The van der Waals surface area contributed by atoms with E-state index in [2.05, 4.69) is 33.0 Å². The zero-order chi connectivity index (χ0) is 13.9. The van der Waals surface area contributed by atoms with E-state index < -0.39 is 0 Å². The van der Waals surface area contributed by atoms with E-state index in [1.165, 1.54) is 0 Å². The molecular weight excluding hydrogens is 228 g/mol. The highest BCUT2D eigenvalue weighted by molar-refractivity contribution is 5.84. The van der Waals surface area contributed by atoms with Crippen molar-refractivity contribution in [3.8, 4) is 0 Å². The van der Waals surface area contributed by atoms with Gasteiger partial charge < -0.3 is 9.64 Å². The van der Waals surface area contributed by atoms with Crippen LogP contribution in [-0.4, -0.2) is 42.3 Å². The van der Waals surface area contributed by atoms with E-state index in [4.69, 9.17) is 4.74 Å². The topological polar surface area (TPSA) is 41.6 Å². The minimum Gasteiger partial charge on any atom is -0.377 e. The van der Waals surface area contributed by atoms with Gasteiger partial charge in [-0.3, -0.25) is 10.1 Å². The van der Waals surface area contributed by atoms with Crippen LogP contribution in [0, 0.1) is 11.8 Å². The molecule has 0 spiro atoms. The molecule has 106 valence electrons. The summed E-state index contributed by atoms with van der Waals surface area (Å²) < 4.78 is 5.55. The maximum Gasteiger partial charge on any atom is 0.241 e. The number of nitrogens with one attached hydrogen (secondary N) is 1. The third-order valence-corrected chi connectivity index (χ3v) is 3.44. The Labute approximate surface area is 111 Å². The van der Waals surface area contributed by atoms with Crippen LogP contribution >= 0.6 is 0 Å². The van der Waals surface area contributed by atoms with E-state index in [1.807, 2.05) is 18.7 Å². The fourth-order valence-corrected chi connectivity index (χ4v) is 2.51. The minimum absolute atomic E-state index is 0.0498. The Bertz CT molecular complexity index is 279. The Morgan fingerprint density at radius 2 is 1.83 bits per heavy atom. The molecule has 3 atom stereocenters. The summed E-state index contributed by atoms with van der Waals surface area (Å²) in [6.07, 6.45) is 0.223. The molecule has 4 heteroatoms. The molecule has 1 amide bonds. The van der Waals surface area contributed by atoms with Gasteiger partial charge in [0.1, 0.15) is 0 Å². The second-order valence-corrected chi connectivity index (χ2v) is 5.83. The molecule has 1 heterocycles. The number of nitrogens with zero attached hydrogens (tertiary/aromatic N) is 1. The monoisotopic (exact) mass is 256 g/mol. The number of hydrogen-bond acceptors (Lipinski definition) is 3. The Hall–Kier alpha value is -0.610. The molecule has 0 aromatic carbocycles. The molecule has 0 aliphatic carbocycles. The van der Waals surface area contributed by atoms with E-state index in [0.717, 1.165) is 0 Å². The van der Waals surface area contributed by atoms with Crippen molar-refractivity contribution in [1.82, 2.24) is 10.2 Å². The summed E-state index contributed by atoms with van der Waals surface area (Å²) >= 11 is 0. The molecule has 1 saturated heterocycles. The Morgan fingerprint density at radius 1 is 1.22 bits per heavy atom. The quantitative estimate of drug-likeness (QED) is 0.788. The molecule has 0 aromatic heterocycles. The number of carbonyl (C=O) groups excluding carboxylic acids is 1. The summed E-state index contributed by atoms with van der Waals surface area (Å²) in [6.45, 7) is 13.8. The smallest absolute Gasteiger partial charge is 0.241 e. The van der Waals surface area contributed by atoms with Crippen LogP contribution in [0.3, 0.4) is 0 Å². The summed E-state index contributed by atoms with van der Waals surface area (Å²) in [5, 5.41) is 3.46. The molecule has 1 aliphatic heterocycles. The number of ether oxygens (including phenoxy) is 1. The second kappa shape index (κ2) is 6.53. The second-order valence-electron chi connectivity index (χ2n) is 5.83. The van der Waals surface area contributed by atoms with Crippen LogP contribution < -0.4 is 5.32 Å². The first kappa shape index (κ1) is 15.4. The molecule has 0 aromatic rings. The molecule has 1 fully saturated rings. The van der Waals surface area contributed by atoms with Crippen molar-refractivity contribution in [3.63, 3.8) is 0 Å². The molecule has 1 rings (SSSR count). The van der Waals surface area contributed by atoms with Crippen LogP contribution in [0.5, 0.6) is 0 Å². The lowest BCUT2D eigenvalue weighted by Gasteiger charge is -2.29. The number of hydrogen-bond donors (Lipinski definition) is 1. The largest absolute Gasteiger partial charge is 0.377 e. The van der Waals surface area contributed by atoms with Crippen molar-refractivity contribution in [2.24, 2.45) is 11.8 Å². The zero-order valence-corrected chi connectivity index (χ0v) is 12.6. The summed E-state index contributed by atoms with van der Waals surface area (Å²) in [5.41, 5.74) is 0. The summed E-state index contributed by atoms with van der Waals surface area (Å²) in [5.74, 6) is 0.952. The maximum atomic E-state index is 12.4. The molecule has 0 saturated carbocycles. The zero-order valence-electron chi connectivity index (χ0n) is 12.6. The van der Waals surface area contributed by atoms with Crippen molar-refractivity contribution in [3.05, 3.63) is 0 Å². The van der Waals surface area contributed by atoms with Crippen molar-refractivity contribution >= 4 is 5.91 Å². The van der Waals surface area contributed by atoms with E-state index in [0.29, 0.717) is 25.0 Å². The maximum absolute atomic E-state index is 12.4. The summed E-state index contributed by atoms with van der Waals surface area (Å²) in [7, 11) is 0. The molecule has 18 heavy (non-hydrogen) atoms. The van der Waals surface area contributed by atoms with Gasteiger partial charge in [-0.1, -0.05) is 27.7 Å². The van der Waals surface area contributed by atoms with Gasteiger partial charge >= 0.3 is 0 Å². The fraction of sp³-hybridized carbons (Fsp3) is 0.929. The lowest BCUT2D eigenvalue weighted by atomic mass is 10.0. The molecule has 3 unspecified atom stereocenters. The SMILES string of the molecule is CCOC(C)CN1C(=O)C(C(C)C)NC1C(C)C. The molecule has 1 N–H and O–H groups in total. The third-order valence-electron chi connectivity index (χ3n) is 3.44. The summed E-state index contributed by atoms with van der Waals surface area (Å²) in [6, 6.07) is -0.0498. The standard InChI is InChI=1S/C14H28N2O2/c1-7-18-11(6)8-16-13(10(4)5)15-12(9(2)3)14(16)17/h9-13,15H,7-8H2,1-6H3. The van der Waals surface area contributed by atoms with Crippen LogP contribution in [0.1, 0.15) is 41.5 Å². The van der Waals surface area contributed by atoms with E-state index in [9.17, 15) is 4.79 Å². The van der Waals surface area contributed by atoms with Crippen molar-refractivity contribution in [2.45, 2.75) is 59.9 Å². The minimum atomic E-state index is -0.0498. The van der Waals surface area contributed by atoms with Gasteiger partial charge in [0.15, 0.2) is 0 Å². The molecule has 0 bridgehead atoms. The van der Waals surface area contributed by atoms with Gasteiger partial charge in [0.05, 0.1) is 18.3 Å². The molecule has 0 radical (unpaired) electrons. The van der Waals surface area contributed by atoms with Crippen LogP contribution in [0.25, 0.3) is 0 Å². The van der Waals surface area contributed by atoms with Crippen molar-refractivity contribution < 1.29 is 9.53 Å². The number of carbonyl (C=O) groups is 1. The number of amides is 1. The lowest BCUT2D eigenvalue weighted by Crippen LogP contribution is -2.45. The van der Waals surface area contributed by atoms with Gasteiger partial charge in [0.2, 0.25) is 5.91 Å². The van der Waals surface area contributed by atoms with Crippen LogP contribution in [0.4, 0.5) is 0 Å². The highest BCUT2D eigenvalue weighted by Crippen LogP contribution is 2.22. The van der Waals surface area contributed by atoms with Crippen LogP contribution in [-0.2, 0) is 9.53 Å². The first-order chi connectivity index (χ1) is 8.38. The van der Waals surface area contributed by atoms with Crippen LogP contribution in [0.2, 0.25) is 0 Å². The van der Waals surface area contributed by atoms with Gasteiger partial charge in [-0.25, -0.2) is 0 Å². The van der Waals surface area contributed by atoms with E-state index in [1.54, 1.807) is 0 Å². The van der Waals surface area contributed by atoms with Gasteiger partial charge in [0.25, 0.3) is 0 Å². The first-order valence-electron chi connectivity index (χ1n) is 7.06.